The first kappa shape index (κ1) is 11.7. The van der Waals surface area contributed by atoms with E-state index in [9.17, 15) is 22.8 Å². The van der Waals surface area contributed by atoms with Crippen LogP contribution in [0.4, 0.5) is 13.2 Å². The van der Waals surface area contributed by atoms with Gasteiger partial charge in [0.1, 0.15) is 6.10 Å². The Morgan fingerprint density at radius 3 is 2.23 bits per heavy atom. The summed E-state index contributed by atoms with van der Waals surface area (Å²) in [5.41, 5.74) is 4.51. The van der Waals surface area contributed by atoms with E-state index in [1.807, 2.05) is 0 Å². The molecule has 0 aromatic rings. The quantitative estimate of drug-likeness (QED) is 0.518. The number of rotatable bonds is 3. The molecule has 13 heavy (non-hydrogen) atoms. The fourth-order valence-electron chi connectivity index (χ4n) is 0.390. The lowest BCUT2D eigenvalue weighted by atomic mass is 10.3. The SMILES string of the molecule is NC(=O)C(O)CNC(=O)C(F)(F)F. The molecule has 0 saturated heterocycles. The highest BCUT2D eigenvalue weighted by Gasteiger charge is 2.38. The Labute approximate surface area is 70.7 Å². The summed E-state index contributed by atoms with van der Waals surface area (Å²) in [5, 5.41) is 9.87. The minimum Gasteiger partial charge on any atom is -0.381 e. The van der Waals surface area contributed by atoms with Crippen molar-refractivity contribution in [2.75, 3.05) is 6.54 Å². The number of alkyl halides is 3. The predicted octanol–water partition coefficient (Wildman–Crippen LogP) is -1.49. The number of primary amides is 1. The van der Waals surface area contributed by atoms with Gasteiger partial charge in [-0.15, -0.1) is 0 Å². The molecule has 0 saturated carbocycles. The summed E-state index contributed by atoms with van der Waals surface area (Å²) in [5.74, 6) is -3.43. The van der Waals surface area contributed by atoms with Crippen LogP contribution in [0.2, 0.25) is 0 Å². The lowest BCUT2D eigenvalue weighted by Gasteiger charge is -2.09. The Hall–Kier alpha value is -1.31. The molecule has 0 aliphatic carbocycles. The number of aliphatic hydroxyl groups is 1. The molecule has 0 aliphatic rings. The van der Waals surface area contributed by atoms with Crippen LogP contribution in [0.25, 0.3) is 0 Å². The number of nitrogens with two attached hydrogens (primary N) is 1. The summed E-state index contributed by atoms with van der Waals surface area (Å²) in [7, 11) is 0. The number of hydrogen-bond donors (Lipinski definition) is 3. The van der Waals surface area contributed by atoms with Crippen molar-refractivity contribution in [2.24, 2.45) is 5.73 Å². The van der Waals surface area contributed by atoms with E-state index in [0.717, 1.165) is 0 Å². The number of carbonyl (C=O) groups excluding carboxylic acids is 2. The van der Waals surface area contributed by atoms with E-state index < -0.39 is 30.6 Å². The van der Waals surface area contributed by atoms with Crippen molar-refractivity contribution in [1.82, 2.24) is 5.32 Å². The van der Waals surface area contributed by atoms with Gasteiger partial charge in [0.05, 0.1) is 6.54 Å². The molecule has 0 aliphatic heterocycles. The highest BCUT2D eigenvalue weighted by atomic mass is 19.4. The van der Waals surface area contributed by atoms with E-state index >= 15 is 0 Å². The summed E-state index contributed by atoms with van der Waals surface area (Å²) in [6.45, 7) is -0.853. The van der Waals surface area contributed by atoms with Gasteiger partial charge in [0.2, 0.25) is 5.91 Å². The molecule has 2 amide bonds. The Morgan fingerprint density at radius 2 is 1.92 bits per heavy atom. The van der Waals surface area contributed by atoms with Gasteiger partial charge >= 0.3 is 12.1 Å². The van der Waals surface area contributed by atoms with E-state index in [2.05, 4.69) is 5.73 Å². The highest BCUT2D eigenvalue weighted by molar-refractivity contribution is 5.83. The molecule has 1 atom stereocenters. The number of carbonyl (C=O) groups is 2. The van der Waals surface area contributed by atoms with Crippen LogP contribution in [-0.4, -0.2) is 35.7 Å². The zero-order valence-electron chi connectivity index (χ0n) is 6.26. The van der Waals surface area contributed by atoms with Gasteiger partial charge in [-0.25, -0.2) is 0 Å². The van der Waals surface area contributed by atoms with Crippen molar-refractivity contribution in [2.45, 2.75) is 12.3 Å². The van der Waals surface area contributed by atoms with Crippen LogP contribution < -0.4 is 11.1 Å². The standard InChI is InChI=1S/C5H7F3N2O3/c6-5(7,8)4(13)10-1-2(11)3(9)12/h2,11H,1H2,(H2,9,12)(H,10,13). The molecule has 4 N–H and O–H groups in total. The average molecular weight is 200 g/mol. The third-order valence-corrected chi connectivity index (χ3v) is 1.04. The van der Waals surface area contributed by atoms with Gasteiger partial charge in [-0.3, -0.25) is 9.59 Å². The molecule has 0 heterocycles. The lowest BCUT2D eigenvalue weighted by molar-refractivity contribution is -0.174. The van der Waals surface area contributed by atoms with Crippen LogP contribution in [0.1, 0.15) is 0 Å². The molecular formula is C5H7F3N2O3. The zero-order chi connectivity index (χ0) is 10.6. The number of hydrogen-bond acceptors (Lipinski definition) is 3. The van der Waals surface area contributed by atoms with Crippen LogP contribution in [0.15, 0.2) is 0 Å². The van der Waals surface area contributed by atoms with Crippen LogP contribution in [0.3, 0.4) is 0 Å². The maximum Gasteiger partial charge on any atom is 0.471 e. The second kappa shape index (κ2) is 4.08. The van der Waals surface area contributed by atoms with Crippen LogP contribution >= 0.6 is 0 Å². The molecule has 0 aromatic heterocycles. The number of aliphatic hydroxyl groups excluding tert-OH is 1. The summed E-state index contributed by atoms with van der Waals surface area (Å²) in [6.07, 6.45) is -6.84. The maximum atomic E-state index is 11.5. The smallest absolute Gasteiger partial charge is 0.381 e. The van der Waals surface area contributed by atoms with Gasteiger partial charge < -0.3 is 16.2 Å². The van der Waals surface area contributed by atoms with E-state index in [1.165, 1.54) is 5.32 Å². The van der Waals surface area contributed by atoms with E-state index in [1.54, 1.807) is 0 Å². The summed E-state index contributed by atoms with van der Waals surface area (Å²) >= 11 is 0. The maximum absolute atomic E-state index is 11.5. The largest absolute Gasteiger partial charge is 0.471 e. The monoisotopic (exact) mass is 200 g/mol. The second-order valence-corrected chi connectivity index (χ2v) is 2.13. The predicted molar refractivity (Wildman–Crippen MR) is 34.3 cm³/mol. The molecule has 0 spiro atoms. The third kappa shape index (κ3) is 4.31. The molecule has 76 valence electrons. The van der Waals surface area contributed by atoms with Crippen LogP contribution in [0, 0.1) is 0 Å². The second-order valence-electron chi connectivity index (χ2n) is 2.13. The van der Waals surface area contributed by atoms with Gasteiger partial charge in [-0.05, 0) is 0 Å². The van der Waals surface area contributed by atoms with Crippen molar-refractivity contribution in [1.29, 1.82) is 0 Å². The van der Waals surface area contributed by atoms with E-state index in [-0.39, 0.29) is 0 Å². The van der Waals surface area contributed by atoms with Crippen molar-refractivity contribution in [3.63, 3.8) is 0 Å². The first-order valence-electron chi connectivity index (χ1n) is 3.07. The Kier molecular flexibility index (Phi) is 3.67. The molecular weight excluding hydrogens is 193 g/mol. The molecule has 8 heteroatoms. The molecule has 0 aromatic carbocycles. The van der Waals surface area contributed by atoms with Crippen LogP contribution in [0.5, 0.6) is 0 Å². The molecule has 0 radical (unpaired) electrons. The number of amides is 2. The van der Waals surface area contributed by atoms with Gasteiger partial charge in [-0.1, -0.05) is 0 Å². The topological polar surface area (TPSA) is 92.4 Å². The van der Waals surface area contributed by atoms with Gasteiger partial charge in [0, 0.05) is 0 Å². The number of halogens is 3. The Bertz CT molecular complexity index is 216. The van der Waals surface area contributed by atoms with Crippen molar-refractivity contribution in [3.8, 4) is 0 Å². The molecule has 1 unspecified atom stereocenters. The Balaban J connectivity index is 3.91. The summed E-state index contributed by atoms with van der Waals surface area (Å²) in [4.78, 5) is 20.2. The van der Waals surface area contributed by atoms with Gasteiger partial charge in [-0.2, -0.15) is 13.2 Å². The van der Waals surface area contributed by atoms with Gasteiger partial charge in [0.25, 0.3) is 0 Å². The fourth-order valence-corrected chi connectivity index (χ4v) is 0.390. The number of nitrogens with one attached hydrogen (secondary N) is 1. The van der Waals surface area contributed by atoms with Gasteiger partial charge in [0.15, 0.2) is 0 Å². The van der Waals surface area contributed by atoms with Crippen molar-refractivity contribution >= 4 is 11.8 Å². The van der Waals surface area contributed by atoms with Crippen molar-refractivity contribution < 1.29 is 27.9 Å². The Morgan fingerprint density at radius 1 is 1.46 bits per heavy atom. The fraction of sp³-hybridized carbons (Fsp3) is 0.600. The van der Waals surface area contributed by atoms with Crippen molar-refractivity contribution in [3.05, 3.63) is 0 Å². The third-order valence-electron chi connectivity index (χ3n) is 1.04. The summed E-state index contributed by atoms with van der Waals surface area (Å²) in [6, 6.07) is 0. The minimum absolute atomic E-state index is 0.853. The normalized spacial score (nSPS) is 13.5. The first-order valence-corrected chi connectivity index (χ1v) is 3.07. The average Bonchev–Trinajstić information content (AvgIpc) is 1.97. The first-order chi connectivity index (χ1) is 5.75. The molecule has 0 rings (SSSR count). The lowest BCUT2D eigenvalue weighted by Crippen LogP contribution is -2.44. The summed E-state index contributed by atoms with van der Waals surface area (Å²) < 4.78 is 34.5. The molecule has 0 fully saturated rings. The molecule has 5 nitrogen and oxygen atoms in total. The minimum atomic E-state index is -5.03. The van der Waals surface area contributed by atoms with E-state index in [4.69, 9.17) is 5.11 Å². The van der Waals surface area contributed by atoms with Crippen LogP contribution in [-0.2, 0) is 9.59 Å². The highest BCUT2D eigenvalue weighted by Crippen LogP contribution is 2.13. The zero-order valence-corrected chi connectivity index (χ0v) is 6.26. The van der Waals surface area contributed by atoms with E-state index in [0.29, 0.717) is 0 Å². The molecule has 0 bridgehead atoms.